The number of hydrogen-bond acceptors (Lipinski definition) is 5. The second kappa shape index (κ2) is 8.34. The predicted octanol–water partition coefficient (Wildman–Crippen LogP) is 4.80. The van der Waals surface area contributed by atoms with Gasteiger partial charge in [0.05, 0.1) is 40.2 Å². The van der Waals surface area contributed by atoms with Crippen LogP contribution in [0.15, 0.2) is 24.3 Å². The van der Waals surface area contributed by atoms with E-state index in [1.165, 1.54) is 11.3 Å². The number of benzene rings is 1. The summed E-state index contributed by atoms with van der Waals surface area (Å²) in [7, 11) is 0. The van der Waals surface area contributed by atoms with E-state index in [-0.39, 0.29) is 5.91 Å². The normalized spacial score (nSPS) is 14.7. The van der Waals surface area contributed by atoms with Gasteiger partial charge in [-0.3, -0.25) is 9.48 Å². The molecule has 1 aliphatic heterocycles. The Morgan fingerprint density at radius 1 is 1.34 bits per heavy atom. The fourth-order valence-corrected chi connectivity index (χ4v) is 4.96. The molecule has 29 heavy (non-hydrogen) atoms. The van der Waals surface area contributed by atoms with Crippen LogP contribution in [0.5, 0.6) is 0 Å². The lowest BCUT2D eigenvalue weighted by molar-refractivity contribution is 0.103. The number of thiophene rings is 1. The molecule has 0 saturated carbocycles. The Morgan fingerprint density at radius 2 is 2.10 bits per heavy atom. The van der Waals surface area contributed by atoms with Gasteiger partial charge in [-0.15, -0.1) is 11.3 Å². The van der Waals surface area contributed by atoms with Crippen molar-refractivity contribution in [2.75, 3.05) is 36.5 Å². The molecule has 1 aliphatic rings. The number of carbonyl (C=O) groups excluding carboxylic acids is 1. The zero-order valence-electron chi connectivity index (χ0n) is 16.9. The number of morpholine rings is 1. The number of nitrogens with zero attached hydrogens (tertiary/aromatic N) is 3. The minimum absolute atomic E-state index is 0.126. The Morgan fingerprint density at radius 3 is 2.83 bits per heavy atom. The first-order chi connectivity index (χ1) is 13.9. The molecule has 0 atom stereocenters. The lowest BCUT2D eigenvalue weighted by Gasteiger charge is -2.31. The van der Waals surface area contributed by atoms with E-state index in [0.717, 1.165) is 46.9 Å². The van der Waals surface area contributed by atoms with E-state index in [4.69, 9.17) is 16.3 Å². The van der Waals surface area contributed by atoms with Gasteiger partial charge in [0.1, 0.15) is 4.83 Å². The molecule has 0 unspecified atom stereocenters. The molecule has 0 aliphatic carbocycles. The third kappa shape index (κ3) is 4.13. The maximum Gasteiger partial charge on any atom is 0.265 e. The highest BCUT2D eigenvalue weighted by Crippen LogP contribution is 2.36. The van der Waals surface area contributed by atoms with Crippen LogP contribution in [0.2, 0.25) is 5.02 Å². The van der Waals surface area contributed by atoms with Crippen LogP contribution < -0.4 is 10.2 Å². The Balaban J connectivity index is 1.62. The maximum atomic E-state index is 13.1. The van der Waals surface area contributed by atoms with Gasteiger partial charge in [0.15, 0.2) is 0 Å². The van der Waals surface area contributed by atoms with Crippen molar-refractivity contribution in [1.29, 1.82) is 0 Å². The molecule has 1 amide bonds. The SMILES string of the molecule is Cc1nn(CC(C)C)c2sc(C(=O)Nc3cccc(Cl)c3N3CCOCC3)cc12. The van der Waals surface area contributed by atoms with Crippen molar-refractivity contribution < 1.29 is 9.53 Å². The van der Waals surface area contributed by atoms with Crippen LogP contribution in [-0.2, 0) is 11.3 Å². The monoisotopic (exact) mass is 432 g/mol. The van der Waals surface area contributed by atoms with Crippen LogP contribution in [0.25, 0.3) is 10.2 Å². The number of ether oxygens (including phenoxy) is 1. The average molecular weight is 433 g/mol. The highest BCUT2D eigenvalue weighted by molar-refractivity contribution is 7.20. The smallest absolute Gasteiger partial charge is 0.265 e. The third-order valence-electron chi connectivity index (χ3n) is 4.93. The van der Waals surface area contributed by atoms with E-state index in [0.29, 0.717) is 29.0 Å². The van der Waals surface area contributed by atoms with Crippen molar-refractivity contribution in [1.82, 2.24) is 9.78 Å². The molecule has 6 nitrogen and oxygen atoms in total. The van der Waals surface area contributed by atoms with Gasteiger partial charge in [0.2, 0.25) is 0 Å². The summed E-state index contributed by atoms with van der Waals surface area (Å²) < 4.78 is 7.46. The van der Waals surface area contributed by atoms with E-state index in [2.05, 4.69) is 29.2 Å². The predicted molar refractivity (Wildman–Crippen MR) is 120 cm³/mol. The summed E-state index contributed by atoms with van der Waals surface area (Å²) >= 11 is 7.97. The van der Waals surface area contributed by atoms with Crippen molar-refractivity contribution in [2.24, 2.45) is 5.92 Å². The fourth-order valence-electron chi connectivity index (χ4n) is 3.60. The quantitative estimate of drug-likeness (QED) is 0.628. The van der Waals surface area contributed by atoms with Gasteiger partial charge in [-0.25, -0.2) is 0 Å². The molecule has 3 heterocycles. The Bertz CT molecular complexity index is 1040. The molecule has 1 N–H and O–H groups in total. The van der Waals surface area contributed by atoms with Gasteiger partial charge in [0.25, 0.3) is 5.91 Å². The molecule has 8 heteroatoms. The first-order valence-electron chi connectivity index (χ1n) is 9.83. The number of nitrogens with one attached hydrogen (secondary N) is 1. The minimum Gasteiger partial charge on any atom is -0.378 e. The summed E-state index contributed by atoms with van der Waals surface area (Å²) in [6.45, 7) is 9.95. The standard InChI is InChI=1S/C21H25ClN4O2S/c1-13(2)12-26-21-15(14(3)24-26)11-18(29-21)20(27)23-17-6-4-5-16(22)19(17)25-7-9-28-10-8-25/h4-6,11,13H,7-10,12H2,1-3H3,(H,23,27). The summed E-state index contributed by atoms with van der Waals surface area (Å²) in [4.78, 5) is 16.9. The van der Waals surface area contributed by atoms with Gasteiger partial charge in [-0.2, -0.15) is 5.10 Å². The third-order valence-corrected chi connectivity index (χ3v) is 6.38. The van der Waals surface area contributed by atoms with Crippen LogP contribution in [-0.4, -0.2) is 42.0 Å². The molecule has 1 aromatic carbocycles. The van der Waals surface area contributed by atoms with E-state index >= 15 is 0 Å². The molecule has 0 spiro atoms. The summed E-state index contributed by atoms with van der Waals surface area (Å²) in [6.07, 6.45) is 0. The Labute approximate surface area is 179 Å². The van der Waals surface area contributed by atoms with Crippen LogP contribution in [0.4, 0.5) is 11.4 Å². The molecule has 3 aromatic rings. The lowest BCUT2D eigenvalue weighted by Crippen LogP contribution is -2.37. The van der Waals surface area contributed by atoms with Gasteiger partial charge in [-0.1, -0.05) is 31.5 Å². The highest BCUT2D eigenvalue weighted by Gasteiger charge is 2.21. The first kappa shape index (κ1) is 20.2. The summed E-state index contributed by atoms with van der Waals surface area (Å²) in [6, 6.07) is 7.55. The van der Waals surface area contributed by atoms with Gasteiger partial charge < -0.3 is 15.0 Å². The number of aromatic nitrogens is 2. The van der Waals surface area contributed by atoms with Crippen LogP contribution in [0.3, 0.4) is 0 Å². The Hall–Kier alpha value is -2.09. The second-order valence-electron chi connectivity index (χ2n) is 7.68. The van der Waals surface area contributed by atoms with E-state index < -0.39 is 0 Å². The first-order valence-corrected chi connectivity index (χ1v) is 11.0. The largest absolute Gasteiger partial charge is 0.378 e. The van der Waals surface area contributed by atoms with Crippen molar-refractivity contribution in [3.8, 4) is 0 Å². The zero-order valence-corrected chi connectivity index (χ0v) is 18.4. The van der Waals surface area contributed by atoms with Crippen LogP contribution >= 0.6 is 22.9 Å². The molecule has 2 aromatic heterocycles. The van der Waals surface area contributed by atoms with Crippen molar-refractivity contribution in [2.45, 2.75) is 27.3 Å². The van der Waals surface area contributed by atoms with Gasteiger partial charge in [0, 0.05) is 25.0 Å². The van der Waals surface area contributed by atoms with Crippen LogP contribution in [0, 0.1) is 12.8 Å². The molecule has 1 saturated heterocycles. The van der Waals surface area contributed by atoms with E-state index in [1.807, 2.05) is 35.9 Å². The number of hydrogen-bond donors (Lipinski definition) is 1. The number of carbonyl (C=O) groups is 1. The number of aryl methyl sites for hydroxylation is 1. The minimum atomic E-state index is -0.126. The average Bonchev–Trinajstić information content (AvgIpc) is 3.24. The number of anilines is 2. The molecule has 0 bridgehead atoms. The number of fused-ring (bicyclic) bond motifs is 1. The number of rotatable bonds is 5. The molecule has 1 fully saturated rings. The summed E-state index contributed by atoms with van der Waals surface area (Å²) in [5.74, 6) is 0.359. The van der Waals surface area contributed by atoms with Crippen molar-refractivity contribution >= 4 is 50.4 Å². The second-order valence-corrected chi connectivity index (χ2v) is 9.12. The molecular formula is C21H25ClN4O2S. The topological polar surface area (TPSA) is 59.4 Å². The summed E-state index contributed by atoms with van der Waals surface area (Å²) in [5, 5.41) is 9.36. The summed E-state index contributed by atoms with van der Waals surface area (Å²) in [5.41, 5.74) is 2.53. The highest BCUT2D eigenvalue weighted by atomic mass is 35.5. The maximum absolute atomic E-state index is 13.1. The molecule has 154 valence electrons. The molecule has 4 rings (SSSR count). The zero-order chi connectivity index (χ0) is 20.5. The number of amides is 1. The number of para-hydroxylation sites is 1. The lowest BCUT2D eigenvalue weighted by atomic mass is 10.2. The van der Waals surface area contributed by atoms with Gasteiger partial charge >= 0.3 is 0 Å². The molecular weight excluding hydrogens is 408 g/mol. The van der Waals surface area contributed by atoms with Crippen LogP contribution in [0.1, 0.15) is 29.2 Å². The fraction of sp³-hybridized carbons (Fsp3) is 0.429. The van der Waals surface area contributed by atoms with Crippen molar-refractivity contribution in [3.05, 3.63) is 39.9 Å². The van der Waals surface area contributed by atoms with E-state index in [1.54, 1.807) is 0 Å². The number of halogens is 1. The van der Waals surface area contributed by atoms with Crippen molar-refractivity contribution in [3.63, 3.8) is 0 Å². The Kier molecular flexibility index (Phi) is 5.81. The van der Waals surface area contributed by atoms with E-state index in [9.17, 15) is 4.79 Å². The molecule has 0 radical (unpaired) electrons. The van der Waals surface area contributed by atoms with Gasteiger partial charge in [-0.05, 0) is 31.0 Å².